The molecule has 0 unspecified atom stereocenters. The minimum atomic E-state index is -0.486. The highest BCUT2D eigenvalue weighted by molar-refractivity contribution is 5.86. The zero-order valence-corrected chi connectivity index (χ0v) is 14.2. The van der Waals surface area contributed by atoms with Crippen molar-refractivity contribution in [3.8, 4) is 5.75 Å². The van der Waals surface area contributed by atoms with Gasteiger partial charge in [-0.3, -0.25) is 5.32 Å². The smallest absolute Gasteiger partial charge is 0.410 e. The summed E-state index contributed by atoms with van der Waals surface area (Å²) < 4.78 is 5.10. The molecule has 1 aliphatic carbocycles. The third-order valence-corrected chi connectivity index (χ3v) is 3.43. The van der Waals surface area contributed by atoms with Crippen LogP contribution in [0.2, 0.25) is 0 Å². The van der Waals surface area contributed by atoms with Crippen molar-refractivity contribution >= 4 is 11.8 Å². The van der Waals surface area contributed by atoms with Gasteiger partial charge in [0.25, 0.3) is 0 Å². The fraction of sp³-hybridized carbons (Fsp3) is 0.190. The van der Waals surface area contributed by atoms with Crippen molar-refractivity contribution in [2.45, 2.75) is 26.7 Å². The van der Waals surface area contributed by atoms with Crippen LogP contribution in [0.5, 0.6) is 5.75 Å². The van der Waals surface area contributed by atoms with Crippen LogP contribution < -0.4 is 10.1 Å². The van der Waals surface area contributed by atoms with Gasteiger partial charge in [0.15, 0.2) is 0 Å². The number of carbonyl (C=O) groups excluding carboxylic acids is 1. The highest BCUT2D eigenvalue weighted by Gasteiger charge is 2.03. The molecular formula is C21H27NO2. The van der Waals surface area contributed by atoms with Crippen LogP contribution in [-0.4, -0.2) is 6.09 Å². The monoisotopic (exact) mass is 325 g/mol. The summed E-state index contributed by atoms with van der Waals surface area (Å²) in [5.74, 6) is 0.525. The molecule has 1 amide bonds. The summed E-state index contributed by atoms with van der Waals surface area (Å²) in [6.07, 6.45) is 8.64. The summed E-state index contributed by atoms with van der Waals surface area (Å²) in [7, 11) is 0. The largest absolute Gasteiger partial charge is 0.417 e. The molecule has 0 saturated heterocycles. The van der Waals surface area contributed by atoms with Crippen molar-refractivity contribution in [2.24, 2.45) is 0 Å². The summed E-state index contributed by atoms with van der Waals surface area (Å²) in [5.41, 5.74) is 3.27. The van der Waals surface area contributed by atoms with Gasteiger partial charge in [0.05, 0.1) is 0 Å². The van der Waals surface area contributed by atoms with Gasteiger partial charge >= 0.3 is 6.09 Å². The summed E-state index contributed by atoms with van der Waals surface area (Å²) in [6.45, 7) is 4.13. The van der Waals surface area contributed by atoms with Gasteiger partial charge in [0.2, 0.25) is 0 Å². The molecule has 1 N–H and O–H groups in total. The second-order valence-corrected chi connectivity index (χ2v) is 5.62. The second kappa shape index (κ2) is 9.36. The average molecular weight is 325 g/mol. The first kappa shape index (κ1) is 17.5. The molecule has 3 heteroatoms. The molecule has 3 rings (SSSR count). The van der Waals surface area contributed by atoms with Gasteiger partial charge in [-0.2, -0.15) is 0 Å². The molecule has 0 aliphatic heterocycles. The predicted octanol–water partition coefficient (Wildman–Crippen LogP) is 6.38. The molecule has 128 valence electrons. The Balaban J connectivity index is 0.000000592. The Morgan fingerprint density at radius 3 is 2.25 bits per heavy atom. The molecule has 0 radical (unpaired) electrons. The maximum atomic E-state index is 11.5. The fourth-order valence-corrected chi connectivity index (χ4v) is 2.12. The number of hydrogen-bond donors (Lipinski definition) is 1. The van der Waals surface area contributed by atoms with Crippen LogP contribution in [-0.2, 0) is 0 Å². The number of carbonyl (C=O) groups is 1. The number of benzene rings is 2. The molecule has 0 spiro atoms. The van der Waals surface area contributed by atoms with E-state index in [1.807, 2.05) is 49.4 Å². The molecule has 0 saturated carbocycles. The second-order valence-electron chi connectivity index (χ2n) is 5.62. The van der Waals surface area contributed by atoms with E-state index >= 15 is 0 Å². The predicted molar refractivity (Wildman–Crippen MR) is 104 cm³/mol. The van der Waals surface area contributed by atoms with Crippen molar-refractivity contribution < 1.29 is 12.4 Å². The molecule has 0 bridgehead atoms. The standard InChI is InChI=1S/C14H13NO2.C7H10.2H2/c1-11-7-9-12(10-8-11)15-14(16)17-13-5-3-2-4-6-13;1-7-5-3-2-4-6-7;;/h2-10H,1H3,(H,15,16);3,5-6H,2,4H2,1H3;2*1H. The Kier molecular flexibility index (Phi) is 6.84. The van der Waals surface area contributed by atoms with Gasteiger partial charge in [0.1, 0.15) is 5.75 Å². The number of para-hydroxylation sites is 1. The lowest BCUT2D eigenvalue weighted by Crippen LogP contribution is -2.16. The Morgan fingerprint density at radius 1 is 1.00 bits per heavy atom. The summed E-state index contributed by atoms with van der Waals surface area (Å²) in [5, 5.41) is 2.66. The minimum absolute atomic E-state index is 0. The molecule has 1 aliphatic rings. The van der Waals surface area contributed by atoms with Gasteiger partial charge in [-0.15, -0.1) is 0 Å². The topological polar surface area (TPSA) is 38.3 Å². The van der Waals surface area contributed by atoms with Crippen molar-refractivity contribution in [3.63, 3.8) is 0 Å². The number of anilines is 1. The molecule has 0 heterocycles. The molecule has 0 atom stereocenters. The van der Waals surface area contributed by atoms with E-state index < -0.39 is 6.09 Å². The van der Waals surface area contributed by atoms with Gasteiger partial charge in [0, 0.05) is 8.54 Å². The number of amides is 1. The Morgan fingerprint density at radius 2 is 1.71 bits per heavy atom. The number of allylic oxidation sites excluding steroid dienone is 4. The summed E-state index contributed by atoms with van der Waals surface area (Å²) in [4.78, 5) is 11.5. The lowest BCUT2D eigenvalue weighted by molar-refractivity contribution is 0.215. The maximum absolute atomic E-state index is 11.5. The van der Waals surface area contributed by atoms with E-state index in [1.165, 1.54) is 18.4 Å². The normalized spacial score (nSPS) is 12.5. The van der Waals surface area contributed by atoms with E-state index in [0.29, 0.717) is 5.75 Å². The fourth-order valence-electron chi connectivity index (χ4n) is 2.12. The van der Waals surface area contributed by atoms with Gasteiger partial charge < -0.3 is 4.74 Å². The maximum Gasteiger partial charge on any atom is 0.417 e. The Bertz CT molecular complexity index is 711. The van der Waals surface area contributed by atoms with Gasteiger partial charge in [-0.1, -0.05) is 59.7 Å². The quantitative estimate of drug-likeness (QED) is 0.695. The van der Waals surface area contributed by atoms with Crippen molar-refractivity contribution in [1.29, 1.82) is 0 Å². The number of hydrogen-bond acceptors (Lipinski definition) is 2. The first-order chi connectivity index (χ1) is 11.6. The highest BCUT2D eigenvalue weighted by Crippen LogP contribution is 2.12. The molecule has 2 aromatic carbocycles. The summed E-state index contributed by atoms with van der Waals surface area (Å²) in [6, 6.07) is 16.5. The van der Waals surface area contributed by atoms with Crippen LogP contribution in [0.3, 0.4) is 0 Å². The number of rotatable bonds is 2. The van der Waals surface area contributed by atoms with Crippen LogP contribution in [0.15, 0.2) is 78.4 Å². The third-order valence-electron chi connectivity index (χ3n) is 3.43. The first-order valence-electron chi connectivity index (χ1n) is 8.07. The first-order valence-corrected chi connectivity index (χ1v) is 8.07. The third kappa shape index (κ3) is 6.53. The van der Waals surface area contributed by atoms with Crippen LogP contribution in [0.25, 0.3) is 0 Å². The van der Waals surface area contributed by atoms with Crippen molar-refractivity contribution in [2.75, 3.05) is 5.32 Å². The average Bonchev–Trinajstić information content (AvgIpc) is 2.59. The number of ether oxygens (including phenoxy) is 1. The Hall–Kier alpha value is -2.81. The van der Waals surface area contributed by atoms with Crippen LogP contribution in [0, 0.1) is 6.92 Å². The lowest BCUT2D eigenvalue weighted by Gasteiger charge is -2.06. The van der Waals surface area contributed by atoms with Crippen LogP contribution in [0.4, 0.5) is 10.5 Å². The SMILES string of the molecule is CC1=CCCC=C1.Cc1ccc(NC(=O)Oc2ccccc2)cc1.[HH].[HH]. The zero-order chi connectivity index (χ0) is 17.2. The number of nitrogens with one attached hydrogen (secondary N) is 1. The van der Waals surface area contributed by atoms with E-state index in [0.717, 1.165) is 11.3 Å². The molecule has 24 heavy (non-hydrogen) atoms. The molecular weight excluding hydrogens is 298 g/mol. The molecule has 2 aromatic rings. The lowest BCUT2D eigenvalue weighted by atomic mass is 10.1. The molecule has 0 aromatic heterocycles. The van der Waals surface area contributed by atoms with Gasteiger partial charge in [-0.25, -0.2) is 4.79 Å². The number of aryl methyl sites for hydroxylation is 1. The van der Waals surface area contributed by atoms with E-state index in [9.17, 15) is 4.79 Å². The van der Waals surface area contributed by atoms with Crippen LogP contribution >= 0.6 is 0 Å². The van der Waals surface area contributed by atoms with Gasteiger partial charge in [-0.05, 0) is 51.0 Å². The molecule has 3 nitrogen and oxygen atoms in total. The van der Waals surface area contributed by atoms with E-state index in [2.05, 4.69) is 30.5 Å². The van der Waals surface area contributed by atoms with Crippen LogP contribution in [0.1, 0.15) is 28.2 Å². The van der Waals surface area contributed by atoms with Crippen molar-refractivity contribution in [1.82, 2.24) is 0 Å². The van der Waals surface area contributed by atoms with Crippen molar-refractivity contribution in [3.05, 3.63) is 84.0 Å². The zero-order valence-electron chi connectivity index (χ0n) is 14.2. The van der Waals surface area contributed by atoms with E-state index in [4.69, 9.17) is 4.74 Å². The molecule has 0 fully saturated rings. The minimum Gasteiger partial charge on any atom is -0.410 e. The summed E-state index contributed by atoms with van der Waals surface area (Å²) >= 11 is 0. The highest BCUT2D eigenvalue weighted by atomic mass is 16.6. The van der Waals surface area contributed by atoms with E-state index in [1.54, 1.807) is 12.1 Å². The Labute approximate surface area is 146 Å². The van der Waals surface area contributed by atoms with E-state index in [-0.39, 0.29) is 2.85 Å².